The van der Waals surface area contributed by atoms with Crippen molar-refractivity contribution in [2.75, 3.05) is 7.11 Å². The van der Waals surface area contributed by atoms with E-state index in [1.807, 2.05) is 6.07 Å². The van der Waals surface area contributed by atoms with Crippen LogP contribution < -0.4 is 14.9 Å². The van der Waals surface area contributed by atoms with Crippen molar-refractivity contribution in [1.82, 2.24) is 15.4 Å². The molecule has 0 aliphatic heterocycles. The molecule has 0 aliphatic carbocycles. The van der Waals surface area contributed by atoms with E-state index in [9.17, 15) is 9.59 Å². The maximum Gasteiger partial charge on any atom is 0.355 e. The Balaban J connectivity index is 1.40. The topological polar surface area (TPSA) is 103 Å². The molecule has 10 heteroatoms. The molecule has 0 saturated carbocycles. The van der Waals surface area contributed by atoms with Crippen molar-refractivity contribution in [3.63, 3.8) is 0 Å². The Morgan fingerprint density at radius 1 is 1.12 bits per heavy atom. The monoisotopic (exact) mass is 466 g/mol. The van der Waals surface area contributed by atoms with Gasteiger partial charge in [-0.2, -0.15) is 5.10 Å². The van der Waals surface area contributed by atoms with E-state index in [1.54, 1.807) is 43.5 Å². The summed E-state index contributed by atoms with van der Waals surface area (Å²) in [5.41, 5.74) is 3.21. The minimum Gasteiger partial charge on any atom is -0.497 e. The SMILES string of the molecule is COc1ccc2c(Cl)c(C(=O)Oc3ccc(/C=N/NC(=O)c4cnccn4)cc3)sc2c1. The number of amides is 1. The van der Waals surface area contributed by atoms with Crippen LogP contribution in [0, 0.1) is 0 Å². The van der Waals surface area contributed by atoms with Crippen LogP contribution in [0.15, 0.2) is 66.2 Å². The molecule has 0 unspecified atom stereocenters. The van der Waals surface area contributed by atoms with Gasteiger partial charge in [0.1, 0.15) is 22.1 Å². The number of hydrogen-bond acceptors (Lipinski definition) is 8. The summed E-state index contributed by atoms with van der Waals surface area (Å²) in [4.78, 5) is 32.5. The Morgan fingerprint density at radius 2 is 1.91 bits per heavy atom. The van der Waals surface area contributed by atoms with E-state index in [1.165, 1.54) is 36.1 Å². The second-order valence-corrected chi connectivity index (χ2v) is 7.79. The molecule has 0 bridgehead atoms. The zero-order valence-corrected chi connectivity index (χ0v) is 18.2. The summed E-state index contributed by atoms with van der Waals surface area (Å²) < 4.78 is 11.5. The summed E-state index contributed by atoms with van der Waals surface area (Å²) >= 11 is 7.61. The number of ether oxygens (including phenoxy) is 2. The van der Waals surface area contributed by atoms with Crippen molar-refractivity contribution in [2.24, 2.45) is 5.10 Å². The van der Waals surface area contributed by atoms with Crippen LogP contribution in [0.1, 0.15) is 25.7 Å². The number of halogens is 1. The predicted octanol–water partition coefficient (Wildman–Crippen LogP) is 4.34. The average Bonchev–Trinajstić information content (AvgIpc) is 3.16. The van der Waals surface area contributed by atoms with Gasteiger partial charge in [-0.1, -0.05) is 11.6 Å². The van der Waals surface area contributed by atoms with Gasteiger partial charge in [0.2, 0.25) is 0 Å². The summed E-state index contributed by atoms with van der Waals surface area (Å²) in [6.45, 7) is 0. The number of fused-ring (bicyclic) bond motifs is 1. The number of carbonyl (C=O) groups excluding carboxylic acids is 2. The van der Waals surface area contributed by atoms with Crippen molar-refractivity contribution in [1.29, 1.82) is 0 Å². The van der Waals surface area contributed by atoms with E-state index in [0.717, 1.165) is 10.1 Å². The molecule has 4 aromatic rings. The summed E-state index contributed by atoms with van der Waals surface area (Å²) in [6.07, 6.45) is 5.69. The van der Waals surface area contributed by atoms with E-state index in [0.29, 0.717) is 27.0 Å². The lowest BCUT2D eigenvalue weighted by Gasteiger charge is -2.03. The van der Waals surface area contributed by atoms with Crippen LogP contribution in [-0.2, 0) is 0 Å². The van der Waals surface area contributed by atoms with Gasteiger partial charge in [-0.3, -0.25) is 9.78 Å². The van der Waals surface area contributed by atoms with Gasteiger partial charge in [0.15, 0.2) is 0 Å². The number of hydrogen-bond donors (Lipinski definition) is 1. The molecule has 0 atom stereocenters. The minimum absolute atomic E-state index is 0.158. The van der Waals surface area contributed by atoms with Crippen molar-refractivity contribution in [3.05, 3.63) is 82.2 Å². The fraction of sp³-hybridized carbons (Fsp3) is 0.0455. The number of methoxy groups -OCH3 is 1. The number of hydrazone groups is 1. The van der Waals surface area contributed by atoms with E-state index in [-0.39, 0.29) is 5.69 Å². The first-order valence-electron chi connectivity index (χ1n) is 9.23. The Hall–Kier alpha value is -3.82. The fourth-order valence-corrected chi connectivity index (χ4v) is 4.13. The predicted molar refractivity (Wildman–Crippen MR) is 122 cm³/mol. The summed E-state index contributed by atoms with van der Waals surface area (Å²) in [5, 5.41) is 4.99. The van der Waals surface area contributed by atoms with Gasteiger partial charge in [-0.05, 0) is 48.0 Å². The summed E-state index contributed by atoms with van der Waals surface area (Å²) in [5.74, 6) is 0.00729. The van der Waals surface area contributed by atoms with Crippen LogP contribution >= 0.6 is 22.9 Å². The standard InChI is InChI=1S/C22H15ClN4O4S/c1-30-15-6-7-16-18(10-15)32-20(19(16)23)22(29)31-14-4-2-13(3-5-14)11-26-27-21(28)17-12-24-8-9-25-17/h2-12H,1H3,(H,27,28)/b26-11+. The Kier molecular flexibility index (Phi) is 6.39. The second kappa shape index (κ2) is 9.54. The molecule has 0 saturated heterocycles. The molecule has 0 aliphatic rings. The molecule has 160 valence electrons. The first-order chi connectivity index (χ1) is 15.5. The van der Waals surface area contributed by atoms with Crippen molar-refractivity contribution >= 4 is 51.1 Å². The summed E-state index contributed by atoms with van der Waals surface area (Å²) in [6, 6.07) is 12.0. The molecule has 2 heterocycles. The van der Waals surface area contributed by atoms with E-state index >= 15 is 0 Å². The number of thiophene rings is 1. The van der Waals surface area contributed by atoms with Gasteiger partial charge < -0.3 is 9.47 Å². The highest BCUT2D eigenvalue weighted by Gasteiger charge is 2.19. The van der Waals surface area contributed by atoms with Gasteiger partial charge >= 0.3 is 5.97 Å². The van der Waals surface area contributed by atoms with Gasteiger partial charge in [-0.25, -0.2) is 15.2 Å². The van der Waals surface area contributed by atoms with Gasteiger partial charge in [0.25, 0.3) is 5.91 Å². The molecular weight excluding hydrogens is 452 g/mol. The smallest absolute Gasteiger partial charge is 0.355 e. The van der Waals surface area contributed by atoms with Crippen molar-refractivity contribution < 1.29 is 19.1 Å². The zero-order valence-electron chi connectivity index (χ0n) is 16.6. The highest BCUT2D eigenvalue weighted by molar-refractivity contribution is 7.21. The number of esters is 1. The second-order valence-electron chi connectivity index (χ2n) is 6.36. The van der Waals surface area contributed by atoms with Gasteiger partial charge in [0.05, 0.1) is 24.5 Å². The minimum atomic E-state index is -0.548. The van der Waals surface area contributed by atoms with Crippen LogP contribution in [0.2, 0.25) is 5.02 Å². The largest absolute Gasteiger partial charge is 0.497 e. The van der Waals surface area contributed by atoms with Crippen LogP contribution in [0.25, 0.3) is 10.1 Å². The first kappa shape index (κ1) is 21.4. The van der Waals surface area contributed by atoms with E-state index in [4.69, 9.17) is 21.1 Å². The molecule has 4 rings (SSSR count). The lowest BCUT2D eigenvalue weighted by atomic mass is 10.2. The fourth-order valence-electron chi connectivity index (χ4n) is 2.72. The number of benzene rings is 2. The van der Waals surface area contributed by atoms with Crippen LogP contribution in [0.3, 0.4) is 0 Å². The quantitative estimate of drug-likeness (QED) is 0.196. The molecule has 32 heavy (non-hydrogen) atoms. The molecule has 1 N–H and O–H groups in total. The first-order valence-corrected chi connectivity index (χ1v) is 10.4. The maximum absolute atomic E-state index is 12.6. The third-order valence-electron chi connectivity index (χ3n) is 4.29. The Labute approximate surface area is 191 Å². The number of nitrogens with zero attached hydrogens (tertiary/aromatic N) is 3. The third-order valence-corrected chi connectivity index (χ3v) is 5.93. The number of aromatic nitrogens is 2. The van der Waals surface area contributed by atoms with Crippen LogP contribution in [0.4, 0.5) is 0 Å². The number of nitrogens with one attached hydrogen (secondary N) is 1. The number of rotatable bonds is 6. The highest BCUT2D eigenvalue weighted by Crippen LogP contribution is 2.37. The van der Waals surface area contributed by atoms with Crippen LogP contribution in [-0.4, -0.2) is 35.2 Å². The molecule has 0 spiro atoms. The lowest BCUT2D eigenvalue weighted by Crippen LogP contribution is -2.19. The summed E-state index contributed by atoms with van der Waals surface area (Å²) in [7, 11) is 1.58. The molecular formula is C22H15ClN4O4S. The lowest BCUT2D eigenvalue weighted by molar-refractivity contribution is 0.0739. The highest BCUT2D eigenvalue weighted by atomic mass is 35.5. The molecule has 0 fully saturated rings. The molecule has 0 radical (unpaired) electrons. The molecule has 8 nitrogen and oxygen atoms in total. The van der Waals surface area contributed by atoms with Gasteiger partial charge in [-0.15, -0.1) is 11.3 Å². The van der Waals surface area contributed by atoms with Crippen LogP contribution in [0.5, 0.6) is 11.5 Å². The molecule has 2 aromatic carbocycles. The number of carbonyl (C=O) groups is 2. The Morgan fingerprint density at radius 3 is 2.62 bits per heavy atom. The van der Waals surface area contributed by atoms with Gasteiger partial charge in [0, 0.05) is 22.5 Å². The maximum atomic E-state index is 12.6. The van der Waals surface area contributed by atoms with E-state index in [2.05, 4.69) is 20.5 Å². The van der Waals surface area contributed by atoms with Crippen molar-refractivity contribution in [2.45, 2.75) is 0 Å². The average molecular weight is 467 g/mol. The molecule has 2 aromatic heterocycles. The third kappa shape index (κ3) is 4.74. The zero-order chi connectivity index (χ0) is 22.5. The Bertz CT molecular complexity index is 1310. The molecule has 1 amide bonds. The van der Waals surface area contributed by atoms with E-state index < -0.39 is 11.9 Å². The van der Waals surface area contributed by atoms with Crippen molar-refractivity contribution in [3.8, 4) is 11.5 Å². The normalized spacial score (nSPS) is 10.9.